The number of carbonyl (C=O) groups is 4. The lowest BCUT2D eigenvalue weighted by molar-refractivity contribution is -0.142. The monoisotopic (exact) mass is 592 g/mol. The van der Waals surface area contributed by atoms with Crippen LogP contribution in [-0.2, 0) is 44.9 Å². The number of aromatic hydroxyl groups is 1. The molecule has 0 saturated carbocycles. The Kier molecular flexibility index (Phi) is 10.2. The fourth-order valence-electron chi connectivity index (χ4n) is 4.27. The highest BCUT2D eigenvalue weighted by molar-refractivity contribution is 5.94. The van der Waals surface area contributed by atoms with Gasteiger partial charge in [-0.2, -0.15) is 0 Å². The van der Waals surface area contributed by atoms with Crippen molar-refractivity contribution < 1.29 is 29.4 Å². The predicted octanol–water partition coefficient (Wildman–Crippen LogP) is -1.30. The minimum atomic E-state index is -1.33. The van der Waals surface area contributed by atoms with Crippen molar-refractivity contribution in [3.63, 3.8) is 0 Å². The summed E-state index contributed by atoms with van der Waals surface area (Å²) in [5, 5.41) is 27.1. The molecule has 4 unspecified atom stereocenters. The normalized spacial score (nSPS) is 13.8. The van der Waals surface area contributed by atoms with E-state index >= 15 is 0 Å². The highest BCUT2D eigenvalue weighted by Gasteiger charge is 2.31. The van der Waals surface area contributed by atoms with E-state index in [1.54, 1.807) is 12.1 Å². The van der Waals surface area contributed by atoms with Crippen molar-refractivity contribution in [2.24, 2.45) is 5.73 Å². The number of H-pyrrole nitrogens is 3. The summed E-state index contributed by atoms with van der Waals surface area (Å²) in [5.41, 5.74) is 8.31. The van der Waals surface area contributed by atoms with Gasteiger partial charge in [0.1, 0.15) is 23.9 Å². The molecule has 0 radical (unpaired) electrons. The molecule has 0 spiro atoms. The number of benzene rings is 1. The number of nitrogens with zero attached hydrogens (tertiary/aromatic N) is 3. The van der Waals surface area contributed by atoms with Crippen molar-refractivity contribution in [1.29, 1.82) is 0 Å². The SMILES string of the molecule is NC(Cc1cnc[nH]1)C(=O)NC(Cc1cnc[nH]1)C(=O)NC(Cc1cnc[nH]1)C(=O)NC(Cc1ccc(O)cc1)C(=O)O. The second-order valence-electron chi connectivity index (χ2n) is 9.84. The summed E-state index contributed by atoms with van der Waals surface area (Å²) in [6, 6.07) is 1.16. The van der Waals surface area contributed by atoms with Gasteiger partial charge in [0.2, 0.25) is 17.7 Å². The van der Waals surface area contributed by atoms with Gasteiger partial charge in [0, 0.05) is 61.4 Å². The second-order valence-corrected chi connectivity index (χ2v) is 9.84. The van der Waals surface area contributed by atoms with Crippen molar-refractivity contribution in [2.45, 2.75) is 49.9 Å². The molecule has 16 nitrogen and oxygen atoms in total. The number of imidazole rings is 3. The molecule has 16 heteroatoms. The molecule has 0 aliphatic carbocycles. The van der Waals surface area contributed by atoms with Gasteiger partial charge >= 0.3 is 5.97 Å². The number of hydrogen-bond donors (Lipinski definition) is 9. The minimum absolute atomic E-state index is 0.00531. The van der Waals surface area contributed by atoms with E-state index in [0.29, 0.717) is 22.6 Å². The summed E-state index contributed by atoms with van der Waals surface area (Å²) < 4.78 is 0. The summed E-state index contributed by atoms with van der Waals surface area (Å²) >= 11 is 0. The maximum absolute atomic E-state index is 13.6. The average molecular weight is 593 g/mol. The van der Waals surface area contributed by atoms with Gasteiger partial charge in [0.05, 0.1) is 25.0 Å². The number of phenols is 1. The van der Waals surface area contributed by atoms with Gasteiger partial charge in [-0.25, -0.2) is 19.7 Å². The van der Waals surface area contributed by atoms with E-state index in [1.165, 1.54) is 49.7 Å². The van der Waals surface area contributed by atoms with Gasteiger partial charge in [0.25, 0.3) is 0 Å². The predicted molar refractivity (Wildman–Crippen MR) is 150 cm³/mol. The molecular weight excluding hydrogens is 560 g/mol. The number of aromatic nitrogens is 6. The standard InChI is InChI=1S/C27H32N10O6/c28-20(6-16-9-29-12-32-16)24(39)35-21(7-17-10-30-13-33-17)25(40)36-22(8-18-11-31-14-34-18)26(41)37-23(27(42)43)5-15-1-3-19(38)4-2-15/h1-4,9-14,20-23,38H,5-8,28H2,(H,29,32)(H,30,33)(H,31,34)(H,35,39)(H,36,40)(H,37,41)(H,42,43). The van der Waals surface area contributed by atoms with Gasteiger partial charge in [0.15, 0.2) is 0 Å². The third kappa shape index (κ3) is 8.99. The number of nitrogens with one attached hydrogen (secondary N) is 6. The van der Waals surface area contributed by atoms with Crippen LogP contribution in [0.1, 0.15) is 22.6 Å². The molecule has 4 aromatic rings. The van der Waals surface area contributed by atoms with E-state index in [-0.39, 0.29) is 31.4 Å². The van der Waals surface area contributed by atoms with Crippen LogP contribution in [0, 0.1) is 0 Å². The first-order chi connectivity index (χ1) is 20.7. The van der Waals surface area contributed by atoms with Crippen LogP contribution in [0.15, 0.2) is 61.8 Å². The summed E-state index contributed by atoms with van der Waals surface area (Å²) in [4.78, 5) is 72.3. The maximum atomic E-state index is 13.6. The Labute approximate surface area is 244 Å². The van der Waals surface area contributed by atoms with Crippen molar-refractivity contribution in [1.82, 2.24) is 45.9 Å². The lowest BCUT2D eigenvalue weighted by atomic mass is 10.0. The molecular formula is C27H32N10O6. The van der Waals surface area contributed by atoms with Crippen LogP contribution in [0.3, 0.4) is 0 Å². The van der Waals surface area contributed by atoms with Crippen LogP contribution < -0.4 is 21.7 Å². The summed E-state index contributed by atoms with van der Waals surface area (Å²) in [6.07, 6.45) is 8.81. The average Bonchev–Trinajstić information content (AvgIpc) is 3.78. The lowest BCUT2D eigenvalue weighted by Gasteiger charge is -2.25. The fourth-order valence-corrected chi connectivity index (χ4v) is 4.27. The number of carboxylic acids is 1. The zero-order valence-electron chi connectivity index (χ0n) is 22.9. The molecule has 0 bridgehead atoms. The third-order valence-corrected chi connectivity index (χ3v) is 6.55. The number of carbonyl (C=O) groups excluding carboxylic acids is 3. The van der Waals surface area contributed by atoms with Crippen LogP contribution in [0.2, 0.25) is 0 Å². The van der Waals surface area contributed by atoms with E-state index in [9.17, 15) is 29.4 Å². The number of carboxylic acid groups (broad SMARTS) is 1. The van der Waals surface area contributed by atoms with Gasteiger partial charge in [-0.15, -0.1) is 0 Å². The van der Waals surface area contributed by atoms with Crippen LogP contribution in [0.4, 0.5) is 0 Å². The van der Waals surface area contributed by atoms with Crippen LogP contribution in [-0.4, -0.2) is 88.0 Å². The Balaban J connectivity index is 1.50. The zero-order valence-corrected chi connectivity index (χ0v) is 22.9. The van der Waals surface area contributed by atoms with Crippen molar-refractivity contribution in [3.8, 4) is 5.75 Å². The van der Waals surface area contributed by atoms with Crippen LogP contribution >= 0.6 is 0 Å². The van der Waals surface area contributed by atoms with Crippen molar-refractivity contribution in [2.75, 3.05) is 0 Å². The summed E-state index contributed by atoms with van der Waals surface area (Å²) in [6.45, 7) is 0. The molecule has 3 aromatic heterocycles. The smallest absolute Gasteiger partial charge is 0.326 e. The zero-order chi connectivity index (χ0) is 30.8. The number of hydrogen-bond acceptors (Lipinski definition) is 9. The molecule has 3 amide bonds. The van der Waals surface area contributed by atoms with E-state index in [2.05, 4.69) is 45.9 Å². The van der Waals surface area contributed by atoms with E-state index < -0.39 is 47.9 Å². The summed E-state index contributed by atoms with van der Waals surface area (Å²) in [5.74, 6) is -3.35. The Morgan fingerprint density at radius 3 is 1.56 bits per heavy atom. The third-order valence-electron chi connectivity index (χ3n) is 6.55. The number of nitrogens with two attached hydrogens (primary N) is 1. The van der Waals surface area contributed by atoms with Crippen LogP contribution in [0.5, 0.6) is 5.75 Å². The van der Waals surface area contributed by atoms with Crippen molar-refractivity contribution in [3.05, 3.63) is 84.5 Å². The first-order valence-electron chi connectivity index (χ1n) is 13.3. The number of rotatable bonds is 15. The Hall–Kier alpha value is -5.51. The maximum Gasteiger partial charge on any atom is 0.326 e. The van der Waals surface area contributed by atoms with Gasteiger partial charge in [-0.1, -0.05) is 12.1 Å². The second kappa shape index (κ2) is 14.4. The lowest BCUT2D eigenvalue weighted by Crippen LogP contribution is -2.58. The van der Waals surface area contributed by atoms with E-state index in [0.717, 1.165) is 0 Å². The minimum Gasteiger partial charge on any atom is -0.508 e. The van der Waals surface area contributed by atoms with Gasteiger partial charge in [-0.3, -0.25) is 14.4 Å². The number of aromatic amines is 3. The summed E-state index contributed by atoms with van der Waals surface area (Å²) in [7, 11) is 0. The first kappa shape index (κ1) is 30.4. The molecule has 226 valence electrons. The van der Waals surface area contributed by atoms with Crippen molar-refractivity contribution >= 4 is 23.7 Å². The Morgan fingerprint density at radius 1 is 0.674 bits per heavy atom. The quantitative estimate of drug-likeness (QED) is 0.0788. The highest BCUT2D eigenvalue weighted by Crippen LogP contribution is 2.12. The molecule has 0 fully saturated rings. The molecule has 0 aliphatic heterocycles. The Morgan fingerprint density at radius 2 is 1.12 bits per heavy atom. The highest BCUT2D eigenvalue weighted by atomic mass is 16.4. The number of amides is 3. The molecule has 10 N–H and O–H groups in total. The fraction of sp³-hybridized carbons (Fsp3) is 0.296. The molecule has 1 aromatic carbocycles. The van der Waals surface area contributed by atoms with E-state index in [1.807, 2.05) is 0 Å². The first-order valence-corrected chi connectivity index (χ1v) is 13.3. The largest absolute Gasteiger partial charge is 0.508 e. The number of aliphatic carboxylic acids is 1. The topological polar surface area (TPSA) is 257 Å². The molecule has 4 atom stereocenters. The molecule has 3 heterocycles. The van der Waals surface area contributed by atoms with Gasteiger partial charge in [-0.05, 0) is 17.7 Å². The van der Waals surface area contributed by atoms with Gasteiger partial charge < -0.3 is 46.8 Å². The molecule has 0 aliphatic rings. The molecule has 0 saturated heterocycles. The molecule has 4 rings (SSSR count). The van der Waals surface area contributed by atoms with E-state index in [4.69, 9.17) is 5.73 Å². The van der Waals surface area contributed by atoms with Crippen LogP contribution in [0.25, 0.3) is 0 Å². The Bertz CT molecular complexity index is 1470. The number of phenolic OH excluding ortho intramolecular Hbond substituents is 1. The molecule has 43 heavy (non-hydrogen) atoms.